The lowest BCUT2D eigenvalue weighted by Gasteiger charge is -2.26. The molecular weight excluding hydrogens is 407 g/mol. The molecule has 2 aromatic rings. The summed E-state index contributed by atoms with van der Waals surface area (Å²) in [6.07, 6.45) is 0.860. The number of fused-ring (bicyclic) bond motifs is 1. The van der Waals surface area contributed by atoms with Gasteiger partial charge in [-0.05, 0) is 19.9 Å². The number of hydrogen-bond acceptors (Lipinski definition) is 4. The highest BCUT2D eigenvalue weighted by Gasteiger charge is 2.21. The number of nitrogens with two attached hydrogens (primary N) is 1. The Bertz CT molecular complexity index is 680. The first-order valence-corrected chi connectivity index (χ1v) is 7.35. The van der Waals surface area contributed by atoms with E-state index in [2.05, 4.69) is 15.5 Å². The highest BCUT2D eigenvalue weighted by Crippen LogP contribution is 2.31. The van der Waals surface area contributed by atoms with Crippen molar-refractivity contribution in [1.82, 2.24) is 10.5 Å². The van der Waals surface area contributed by atoms with Gasteiger partial charge in [-0.3, -0.25) is 0 Å². The van der Waals surface area contributed by atoms with Gasteiger partial charge in [-0.25, -0.2) is 4.99 Å². The van der Waals surface area contributed by atoms with Crippen LogP contribution in [0.5, 0.6) is 5.75 Å². The van der Waals surface area contributed by atoms with Crippen LogP contribution in [0.15, 0.2) is 33.8 Å². The summed E-state index contributed by atoms with van der Waals surface area (Å²) in [4.78, 5) is 4.40. The number of nitrogens with zero attached hydrogens (tertiary/aromatic N) is 2. The van der Waals surface area contributed by atoms with Crippen LogP contribution < -0.4 is 15.8 Å². The lowest BCUT2D eigenvalue weighted by molar-refractivity contribution is 0.262. The van der Waals surface area contributed by atoms with E-state index in [1.807, 2.05) is 38.1 Å². The molecule has 1 aliphatic rings. The second-order valence-electron chi connectivity index (χ2n) is 5.38. The fourth-order valence-corrected chi connectivity index (χ4v) is 2.61. The van der Waals surface area contributed by atoms with Gasteiger partial charge in [0.15, 0.2) is 5.96 Å². The summed E-state index contributed by atoms with van der Waals surface area (Å²) in [6.45, 7) is 4.92. The van der Waals surface area contributed by atoms with Crippen LogP contribution in [0, 0.1) is 13.8 Å². The molecule has 0 aliphatic carbocycles. The molecule has 6 nitrogen and oxygen atoms in total. The number of nitrogens with one attached hydrogen (secondary N) is 1. The van der Waals surface area contributed by atoms with Gasteiger partial charge in [0.1, 0.15) is 11.5 Å². The summed E-state index contributed by atoms with van der Waals surface area (Å²) in [7, 11) is 0. The Morgan fingerprint density at radius 1 is 1.39 bits per heavy atom. The zero-order valence-electron chi connectivity index (χ0n) is 13.2. The number of hydrogen-bond donors (Lipinski definition) is 2. The smallest absolute Gasteiger partial charge is 0.189 e. The topological polar surface area (TPSA) is 85.7 Å². The molecule has 1 aliphatic heterocycles. The number of aryl methyl sites for hydroxylation is 2. The maximum atomic E-state index is 6.03. The molecule has 0 spiro atoms. The first-order chi connectivity index (χ1) is 10.6. The van der Waals surface area contributed by atoms with Crippen LogP contribution in [0.4, 0.5) is 0 Å². The van der Waals surface area contributed by atoms with E-state index in [9.17, 15) is 0 Å². The fourth-order valence-electron chi connectivity index (χ4n) is 2.61. The lowest BCUT2D eigenvalue weighted by Crippen LogP contribution is -2.37. The second-order valence-corrected chi connectivity index (χ2v) is 5.38. The van der Waals surface area contributed by atoms with Crippen LogP contribution in [-0.4, -0.2) is 17.7 Å². The van der Waals surface area contributed by atoms with E-state index in [0.717, 1.165) is 34.8 Å². The zero-order chi connectivity index (χ0) is 15.5. The third-order valence-corrected chi connectivity index (χ3v) is 3.87. The van der Waals surface area contributed by atoms with Gasteiger partial charge in [0.05, 0.1) is 24.9 Å². The molecule has 0 amide bonds. The van der Waals surface area contributed by atoms with Crippen LogP contribution in [-0.2, 0) is 6.54 Å². The standard InChI is InChI=1S/C16H20N4O2.HI/c1-10-13(11(2)22-20-10)9-18-16(17)19-14-7-8-21-15-6-4-3-5-12(14)15;/h3-6,14H,7-9H2,1-2H3,(H3,17,18,19);1H. The number of benzene rings is 1. The molecule has 23 heavy (non-hydrogen) atoms. The number of guanidine groups is 1. The molecule has 0 fully saturated rings. The van der Waals surface area contributed by atoms with E-state index >= 15 is 0 Å². The van der Waals surface area contributed by atoms with Crippen molar-refractivity contribution in [3.8, 4) is 5.75 Å². The molecule has 3 N–H and O–H groups in total. The SMILES string of the molecule is Cc1noc(C)c1CN=C(N)NC1CCOc2ccccc21.I. The largest absolute Gasteiger partial charge is 0.493 e. The van der Waals surface area contributed by atoms with Crippen LogP contribution in [0.25, 0.3) is 0 Å². The average molecular weight is 428 g/mol. The molecule has 0 saturated carbocycles. The molecule has 2 heterocycles. The Morgan fingerprint density at radius 2 is 2.17 bits per heavy atom. The normalized spacial score (nSPS) is 17.0. The number of aliphatic imine (C=N–C) groups is 1. The molecule has 124 valence electrons. The number of para-hydroxylation sites is 1. The minimum atomic E-state index is 0. The number of halogens is 1. The molecule has 0 radical (unpaired) electrons. The Morgan fingerprint density at radius 3 is 2.91 bits per heavy atom. The second kappa shape index (κ2) is 7.67. The van der Waals surface area contributed by atoms with Crippen molar-refractivity contribution in [1.29, 1.82) is 0 Å². The van der Waals surface area contributed by atoms with Crippen molar-refractivity contribution in [3.63, 3.8) is 0 Å². The summed E-state index contributed by atoms with van der Waals surface area (Å²) < 4.78 is 10.8. The van der Waals surface area contributed by atoms with Crippen molar-refractivity contribution >= 4 is 29.9 Å². The Labute approximate surface area is 152 Å². The Balaban J connectivity index is 0.00000192. The van der Waals surface area contributed by atoms with Gasteiger partial charge < -0.3 is 20.3 Å². The number of ether oxygens (including phenoxy) is 1. The predicted octanol–water partition coefficient (Wildman–Crippen LogP) is 2.84. The average Bonchev–Trinajstić information content (AvgIpc) is 2.84. The van der Waals surface area contributed by atoms with Crippen molar-refractivity contribution in [2.75, 3.05) is 6.61 Å². The molecule has 1 atom stereocenters. The van der Waals surface area contributed by atoms with Crippen LogP contribution in [0.2, 0.25) is 0 Å². The predicted molar refractivity (Wildman–Crippen MR) is 99.1 cm³/mol. The Kier molecular flexibility index (Phi) is 5.86. The quantitative estimate of drug-likeness (QED) is 0.446. The van der Waals surface area contributed by atoms with E-state index in [0.29, 0.717) is 19.1 Å². The van der Waals surface area contributed by atoms with Gasteiger partial charge in [-0.1, -0.05) is 23.4 Å². The van der Waals surface area contributed by atoms with Crippen molar-refractivity contribution < 1.29 is 9.26 Å². The maximum absolute atomic E-state index is 6.03. The van der Waals surface area contributed by atoms with E-state index in [4.69, 9.17) is 15.0 Å². The first-order valence-electron chi connectivity index (χ1n) is 7.35. The van der Waals surface area contributed by atoms with E-state index in [1.165, 1.54) is 0 Å². The maximum Gasteiger partial charge on any atom is 0.189 e. The minimum absolute atomic E-state index is 0. The first kappa shape index (κ1) is 17.6. The van der Waals surface area contributed by atoms with Crippen molar-refractivity contribution in [2.24, 2.45) is 10.7 Å². The summed E-state index contributed by atoms with van der Waals surface area (Å²) in [5.74, 6) is 2.11. The van der Waals surface area contributed by atoms with E-state index < -0.39 is 0 Å². The molecule has 0 saturated heterocycles. The van der Waals surface area contributed by atoms with E-state index in [-0.39, 0.29) is 30.0 Å². The highest BCUT2D eigenvalue weighted by molar-refractivity contribution is 14.0. The molecule has 3 rings (SSSR count). The third kappa shape index (κ3) is 3.95. The zero-order valence-corrected chi connectivity index (χ0v) is 15.5. The van der Waals surface area contributed by atoms with Crippen molar-refractivity contribution in [2.45, 2.75) is 32.9 Å². The van der Waals surface area contributed by atoms with Gasteiger partial charge >= 0.3 is 0 Å². The fraction of sp³-hybridized carbons (Fsp3) is 0.375. The van der Waals surface area contributed by atoms with Gasteiger partial charge in [-0.2, -0.15) is 0 Å². The third-order valence-electron chi connectivity index (χ3n) is 3.87. The Hall–Kier alpha value is -1.77. The molecule has 0 bridgehead atoms. The van der Waals surface area contributed by atoms with Crippen LogP contribution in [0.1, 0.15) is 35.0 Å². The van der Waals surface area contributed by atoms with Gasteiger partial charge in [0, 0.05) is 17.5 Å². The van der Waals surface area contributed by atoms with Gasteiger partial charge in [-0.15, -0.1) is 24.0 Å². The summed E-state index contributed by atoms with van der Waals surface area (Å²) >= 11 is 0. The number of rotatable bonds is 3. The molecule has 1 unspecified atom stereocenters. The summed E-state index contributed by atoms with van der Waals surface area (Å²) in [5, 5.41) is 7.19. The molecule has 1 aromatic carbocycles. The molecule has 1 aromatic heterocycles. The molecule has 7 heteroatoms. The lowest BCUT2D eigenvalue weighted by atomic mass is 10.0. The van der Waals surface area contributed by atoms with Crippen molar-refractivity contribution in [3.05, 3.63) is 46.8 Å². The minimum Gasteiger partial charge on any atom is -0.493 e. The van der Waals surface area contributed by atoms with Gasteiger partial charge in [0.25, 0.3) is 0 Å². The van der Waals surface area contributed by atoms with Gasteiger partial charge in [0.2, 0.25) is 0 Å². The van der Waals surface area contributed by atoms with Crippen LogP contribution >= 0.6 is 24.0 Å². The summed E-state index contributed by atoms with van der Waals surface area (Å²) in [6, 6.07) is 8.11. The highest BCUT2D eigenvalue weighted by atomic mass is 127. The number of aromatic nitrogens is 1. The summed E-state index contributed by atoms with van der Waals surface area (Å²) in [5.41, 5.74) is 8.98. The molecular formula is C16H21IN4O2. The van der Waals surface area contributed by atoms with E-state index in [1.54, 1.807) is 0 Å². The monoisotopic (exact) mass is 428 g/mol. The van der Waals surface area contributed by atoms with Crippen LogP contribution in [0.3, 0.4) is 0 Å².